The fourth-order valence-corrected chi connectivity index (χ4v) is 5.97. The molecule has 0 unspecified atom stereocenters. The Kier molecular flexibility index (Phi) is 8.80. The van der Waals surface area contributed by atoms with Crippen LogP contribution in [-0.2, 0) is 18.9 Å². The van der Waals surface area contributed by atoms with E-state index in [0.717, 1.165) is 17.7 Å². The Balaban J connectivity index is 1.79. The number of rotatable bonds is 4. The average molecular weight is 644 g/mol. The van der Waals surface area contributed by atoms with Crippen molar-refractivity contribution in [1.29, 1.82) is 0 Å². The fraction of sp³-hybridized carbons (Fsp3) is 0.576. The molecule has 3 heterocycles. The van der Waals surface area contributed by atoms with Crippen molar-refractivity contribution in [2.45, 2.75) is 110 Å². The predicted molar refractivity (Wildman–Crippen MR) is 168 cm³/mol. The smallest absolute Gasteiger partial charge is 0.425 e. The molecule has 1 spiro atoms. The van der Waals surface area contributed by atoms with E-state index < -0.39 is 40.8 Å². The van der Waals surface area contributed by atoms with Gasteiger partial charge >= 0.3 is 12.2 Å². The number of ether oxygens (including phenoxy) is 4. The molecule has 1 saturated carbocycles. The molecule has 1 aromatic carbocycles. The highest BCUT2D eigenvalue weighted by Gasteiger charge is 2.42. The summed E-state index contributed by atoms with van der Waals surface area (Å²) in [4.78, 5) is 32.9. The minimum atomic E-state index is -1.05. The summed E-state index contributed by atoms with van der Waals surface area (Å²) in [5.74, 6) is -2.51. The minimum Gasteiger partial charge on any atom is -0.443 e. The topological polar surface area (TPSA) is 131 Å². The lowest BCUT2D eigenvalue weighted by atomic mass is 9.80. The van der Waals surface area contributed by atoms with Crippen LogP contribution in [0.2, 0.25) is 0 Å². The molecular formula is C33H43F2N5O6. The van der Waals surface area contributed by atoms with Gasteiger partial charge in [0.25, 0.3) is 0 Å². The summed E-state index contributed by atoms with van der Waals surface area (Å²) >= 11 is 0. The number of pyridine rings is 1. The number of nitrogen functional groups attached to an aromatic ring is 1. The maximum Gasteiger partial charge on any atom is 0.425 e. The number of nitrogens with zero attached hydrogens (tertiary/aromatic N) is 4. The summed E-state index contributed by atoms with van der Waals surface area (Å²) in [7, 11) is 0. The number of hydrogen-bond acceptors (Lipinski definition) is 9. The van der Waals surface area contributed by atoms with Crippen LogP contribution < -0.4 is 10.6 Å². The third kappa shape index (κ3) is 6.66. The number of halogens is 2. The Labute approximate surface area is 267 Å². The molecule has 2 amide bonds. The predicted octanol–water partition coefficient (Wildman–Crippen LogP) is 7.62. The van der Waals surface area contributed by atoms with E-state index in [1.807, 2.05) is 13.8 Å². The lowest BCUT2D eigenvalue weighted by Crippen LogP contribution is -2.44. The monoisotopic (exact) mass is 643 g/mol. The maximum absolute atomic E-state index is 15.6. The highest BCUT2D eigenvalue weighted by atomic mass is 19.1. The number of carbonyl (C=O) groups excluding carboxylic acids is 2. The second-order valence-electron chi connectivity index (χ2n) is 14.2. The van der Waals surface area contributed by atoms with Crippen molar-refractivity contribution in [3.63, 3.8) is 0 Å². The van der Waals surface area contributed by atoms with E-state index in [4.69, 9.17) is 29.8 Å². The van der Waals surface area contributed by atoms with Crippen LogP contribution in [0.4, 0.5) is 29.9 Å². The van der Waals surface area contributed by atoms with Gasteiger partial charge in [0.2, 0.25) is 0 Å². The molecule has 0 radical (unpaired) electrons. The van der Waals surface area contributed by atoms with E-state index in [1.165, 1.54) is 0 Å². The van der Waals surface area contributed by atoms with Gasteiger partial charge in [-0.05, 0) is 85.8 Å². The highest BCUT2D eigenvalue weighted by molar-refractivity contribution is 6.16. The molecule has 1 aliphatic carbocycles. The van der Waals surface area contributed by atoms with Gasteiger partial charge in [0.15, 0.2) is 11.6 Å². The van der Waals surface area contributed by atoms with Gasteiger partial charge in [-0.1, -0.05) is 0 Å². The van der Waals surface area contributed by atoms with Crippen molar-refractivity contribution < 1.29 is 37.3 Å². The number of anilines is 2. The Hall–Kier alpha value is -3.84. The molecule has 250 valence electrons. The van der Waals surface area contributed by atoms with E-state index in [-0.39, 0.29) is 40.1 Å². The Morgan fingerprint density at radius 2 is 1.57 bits per heavy atom. The summed E-state index contributed by atoms with van der Waals surface area (Å²) in [6, 6.07) is 1.57. The first-order chi connectivity index (χ1) is 21.4. The van der Waals surface area contributed by atoms with Crippen LogP contribution in [0.15, 0.2) is 18.3 Å². The van der Waals surface area contributed by atoms with Gasteiger partial charge in [-0.2, -0.15) is 10.00 Å². The molecule has 11 nitrogen and oxygen atoms in total. The summed E-state index contributed by atoms with van der Waals surface area (Å²) in [5, 5.41) is 4.94. The first kappa shape index (κ1) is 33.5. The number of nitrogens with two attached hydrogens (primary N) is 1. The Morgan fingerprint density at radius 1 is 1.00 bits per heavy atom. The zero-order valence-electron chi connectivity index (χ0n) is 27.7. The quantitative estimate of drug-likeness (QED) is 0.285. The second kappa shape index (κ2) is 12.1. The van der Waals surface area contributed by atoms with Crippen molar-refractivity contribution in [3.05, 3.63) is 35.5 Å². The molecule has 0 bridgehead atoms. The molecule has 2 N–H and O–H groups in total. The highest BCUT2D eigenvalue weighted by Crippen LogP contribution is 2.47. The van der Waals surface area contributed by atoms with Gasteiger partial charge in [-0.3, -0.25) is 4.68 Å². The van der Waals surface area contributed by atoms with E-state index >= 15 is 4.39 Å². The summed E-state index contributed by atoms with van der Waals surface area (Å²) in [5.41, 5.74) is 4.41. The van der Waals surface area contributed by atoms with Gasteiger partial charge in [-0.15, -0.1) is 0 Å². The molecule has 0 atom stereocenters. The molecule has 1 saturated heterocycles. The first-order valence-corrected chi connectivity index (χ1v) is 15.6. The van der Waals surface area contributed by atoms with E-state index in [1.54, 1.807) is 52.4 Å². The van der Waals surface area contributed by atoms with Crippen LogP contribution in [0.3, 0.4) is 0 Å². The van der Waals surface area contributed by atoms with Crippen molar-refractivity contribution in [2.75, 3.05) is 23.8 Å². The summed E-state index contributed by atoms with van der Waals surface area (Å²) < 4.78 is 55.4. The summed E-state index contributed by atoms with van der Waals surface area (Å²) in [6.07, 6.45) is 2.22. The van der Waals surface area contributed by atoms with Crippen LogP contribution >= 0.6 is 0 Å². The average Bonchev–Trinajstić information content (AvgIpc) is 3.55. The van der Waals surface area contributed by atoms with Crippen molar-refractivity contribution in [2.24, 2.45) is 0 Å². The number of aromatic nitrogens is 3. The van der Waals surface area contributed by atoms with E-state index in [9.17, 15) is 14.0 Å². The molecule has 1 aliphatic heterocycles. The number of hydrogen-bond donors (Lipinski definition) is 1. The second-order valence-corrected chi connectivity index (χ2v) is 14.2. The van der Waals surface area contributed by atoms with E-state index in [0.29, 0.717) is 49.3 Å². The van der Waals surface area contributed by atoms with Crippen LogP contribution in [0.5, 0.6) is 0 Å². The van der Waals surface area contributed by atoms with Crippen molar-refractivity contribution in [1.82, 2.24) is 14.8 Å². The normalized spacial score (nSPS) is 17.2. The van der Waals surface area contributed by atoms with Crippen LogP contribution in [0, 0.1) is 11.6 Å². The molecule has 13 heteroatoms. The van der Waals surface area contributed by atoms with Crippen molar-refractivity contribution in [3.8, 4) is 11.3 Å². The van der Waals surface area contributed by atoms with Crippen LogP contribution in [0.25, 0.3) is 22.2 Å². The molecule has 2 aliphatic rings. The molecule has 2 fully saturated rings. The van der Waals surface area contributed by atoms with Crippen LogP contribution in [0.1, 0.15) is 98.6 Å². The van der Waals surface area contributed by atoms with E-state index in [2.05, 4.69) is 4.98 Å². The Bertz CT molecular complexity index is 1610. The zero-order valence-corrected chi connectivity index (χ0v) is 27.7. The van der Waals surface area contributed by atoms with Crippen LogP contribution in [-0.4, -0.2) is 57.2 Å². The van der Waals surface area contributed by atoms with Gasteiger partial charge < -0.3 is 24.7 Å². The third-order valence-corrected chi connectivity index (χ3v) is 7.93. The zero-order chi connectivity index (χ0) is 33.8. The fourth-order valence-electron chi connectivity index (χ4n) is 5.97. The largest absolute Gasteiger partial charge is 0.443 e. The molecular weight excluding hydrogens is 600 g/mol. The molecule has 3 aromatic rings. The number of benzene rings is 1. The summed E-state index contributed by atoms with van der Waals surface area (Å²) in [6.45, 7) is 14.8. The first-order valence-electron chi connectivity index (χ1n) is 15.6. The van der Waals surface area contributed by atoms with Gasteiger partial charge in [0, 0.05) is 36.7 Å². The number of imide groups is 1. The number of carbonyl (C=O) groups is 2. The van der Waals surface area contributed by atoms with Gasteiger partial charge in [0.1, 0.15) is 28.5 Å². The number of amides is 2. The van der Waals surface area contributed by atoms with Gasteiger partial charge in [-0.25, -0.2) is 23.4 Å². The Morgan fingerprint density at radius 3 is 2.09 bits per heavy atom. The minimum absolute atomic E-state index is 0.0173. The lowest BCUT2D eigenvalue weighted by molar-refractivity contribution is -0.178. The van der Waals surface area contributed by atoms with Gasteiger partial charge in [0.05, 0.1) is 29.8 Å². The molecule has 46 heavy (non-hydrogen) atoms. The SMILES string of the molecule is CC(C)n1nc(-c2cc(F)c(N)cc2F)c2c(N(C(=O)OC(C)(C)C)C(=O)OC(C)(C)C)ncc(C3CCC4(CC3)OCCO4)c21. The third-order valence-electron chi connectivity index (χ3n) is 7.93. The maximum atomic E-state index is 15.6. The lowest BCUT2D eigenvalue weighted by Gasteiger charge is -2.36. The van der Waals surface area contributed by atoms with Crippen molar-refractivity contribution >= 4 is 34.6 Å². The standard InChI is InChI=1S/C33H43F2N5O6/c1-18(2)40-27-21(19-9-11-33(12-10-19)43-13-14-44-33)17-37-28(25(27)26(38-40)20-15-23(35)24(36)16-22(20)34)39(29(41)45-31(3,4)5)30(42)46-32(6,7)8/h15-19H,9-14,36H2,1-8H3. The number of fused-ring (bicyclic) bond motifs is 1. The molecule has 5 rings (SSSR count). The molecule has 2 aromatic heterocycles.